The lowest BCUT2D eigenvalue weighted by molar-refractivity contribution is -0.140. The first kappa shape index (κ1) is 23.9. The summed E-state index contributed by atoms with van der Waals surface area (Å²) in [7, 11) is 1.66. The Kier molecular flexibility index (Phi) is 7.41. The van der Waals surface area contributed by atoms with E-state index in [2.05, 4.69) is 45.9 Å². The number of para-hydroxylation sites is 1. The second kappa shape index (κ2) is 10.8. The summed E-state index contributed by atoms with van der Waals surface area (Å²) in [6.07, 6.45) is 6.58. The highest BCUT2D eigenvalue weighted by Crippen LogP contribution is 2.42. The summed E-state index contributed by atoms with van der Waals surface area (Å²) in [5.74, 6) is 8.05. The molecule has 5 rings (SSSR count). The molecule has 184 valence electrons. The van der Waals surface area contributed by atoms with E-state index in [4.69, 9.17) is 4.74 Å². The first-order chi connectivity index (χ1) is 17.2. The Morgan fingerprint density at radius 3 is 2.49 bits per heavy atom. The summed E-state index contributed by atoms with van der Waals surface area (Å²) >= 11 is 0. The molecule has 35 heavy (non-hydrogen) atoms. The van der Waals surface area contributed by atoms with Crippen molar-refractivity contribution in [2.24, 2.45) is 5.92 Å². The third-order valence-corrected chi connectivity index (χ3v) is 8.13. The van der Waals surface area contributed by atoms with Crippen LogP contribution in [-0.4, -0.2) is 66.2 Å². The number of nitrogens with zero attached hydrogens (tertiary/aromatic N) is 2. The second-order valence-electron chi connectivity index (χ2n) is 10.1. The summed E-state index contributed by atoms with van der Waals surface area (Å²) in [6.45, 7) is 2.78. The molecule has 3 aliphatic rings. The first-order valence-electron chi connectivity index (χ1n) is 13.1. The molecule has 2 aromatic carbocycles. The maximum Gasteiger partial charge on any atom is 0.225 e. The molecule has 2 aliphatic heterocycles. The van der Waals surface area contributed by atoms with Crippen LogP contribution in [0.3, 0.4) is 0 Å². The highest BCUT2D eigenvalue weighted by Gasteiger charge is 2.49. The van der Waals surface area contributed by atoms with E-state index in [0.717, 1.165) is 62.2 Å². The molecule has 5 nitrogen and oxygen atoms in total. The van der Waals surface area contributed by atoms with Gasteiger partial charge in [0.15, 0.2) is 0 Å². The molecule has 3 fully saturated rings. The lowest BCUT2D eigenvalue weighted by atomic mass is 9.74. The average Bonchev–Trinajstić information content (AvgIpc) is 3.42. The fourth-order valence-electron chi connectivity index (χ4n) is 6.25. The van der Waals surface area contributed by atoms with Gasteiger partial charge >= 0.3 is 0 Å². The number of amides is 1. The van der Waals surface area contributed by atoms with Crippen LogP contribution in [0.4, 0.5) is 0 Å². The predicted molar refractivity (Wildman–Crippen MR) is 137 cm³/mol. The van der Waals surface area contributed by atoms with Crippen molar-refractivity contribution in [3.63, 3.8) is 0 Å². The van der Waals surface area contributed by atoms with Gasteiger partial charge in [0.25, 0.3) is 0 Å². The number of carbonyl (C=O) groups is 1. The van der Waals surface area contributed by atoms with Crippen molar-refractivity contribution in [3.8, 4) is 17.6 Å². The maximum absolute atomic E-state index is 13.2. The van der Waals surface area contributed by atoms with Crippen LogP contribution in [0.25, 0.3) is 0 Å². The van der Waals surface area contributed by atoms with Gasteiger partial charge in [0.2, 0.25) is 5.91 Å². The number of ether oxygens (including phenoxy) is 1. The van der Waals surface area contributed by atoms with Gasteiger partial charge in [0, 0.05) is 42.6 Å². The molecule has 1 aliphatic carbocycles. The Hall–Kier alpha value is -2.81. The number of hydrogen-bond donors (Lipinski definition) is 1. The van der Waals surface area contributed by atoms with Gasteiger partial charge in [-0.05, 0) is 62.1 Å². The Balaban J connectivity index is 1.33. The molecule has 2 aromatic rings. The number of methoxy groups -OCH3 is 1. The molecule has 0 aromatic heterocycles. The zero-order valence-corrected chi connectivity index (χ0v) is 20.7. The van der Waals surface area contributed by atoms with Crippen molar-refractivity contribution in [3.05, 3.63) is 65.2 Å². The Morgan fingerprint density at radius 1 is 1.00 bits per heavy atom. The highest BCUT2D eigenvalue weighted by atomic mass is 16.5. The van der Waals surface area contributed by atoms with Crippen molar-refractivity contribution in [2.75, 3.05) is 33.4 Å². The van der Waals surface area contributed by atoms with E-state index in [0.29, 0.717) is 5.91 Å². The molecule has 1 N–H and O–H groups in total. The van der Waals surface area contributed by atoms with E-state index >= 15 is 0 Å². The minimum absolute atomic E-state index is 0.118. The summed E-state index contributed by atoms with van der Waals surface area (Å²) in [6, 6.07) is 16.6. The van der Waals surface area contributed by atoms with Crippen LogP contribution in [0.15, 0.2) is 48.5 Å². The van der Waals surface area contributed by atoms with E-state index in [1.54, 1.807) is 7.11 Å². The van der Waals surface area contributed by atoms with E-state index in [-0.39, 0.29) is 30.5 Å². The second-order valence-corrected chi connectivity index (χ2v) is 10.1. The fourth-order valence-corrected chi connectivity index (χ4v) is 6.25. The van der Waals surface area contributed by atoms with Gasteiger partial charge in [-0.15, -0.1) is 0 Å². The monoisotopic (exact) mass is 472 g/mol. The minimum Gasteiger partial charge on any atom is -0.495 e. The van der Waals surface area contributed by atoms with Gasteiger partial charge < -0.3 is 14.7 Å². The topological polar surface area (TPSA) is 53.0 Å². The standard InChI is InChI=1S/C30H36N2O3/c1-35-28-11-5-4-8-23(28)15-12-22-13-16-24(17-14-22)29-26-20-31(30(34)25-9-2-3-10-25)18-6-7-19-32(26)27(29)21-33/h4-5,8,11,13-14,16-17,25-27,29,33H,2-3,6-7,9-10,18-21H2,1H3/t26-,27-,29+/m0/s1. The zero-order valence-electron chi connectivity index (χ0n) is 20.7. The molecule has 3 atom stereocenters. The number of carbonyl (C=O) groups excluding carboxylic acids is 1. The van der Waals surface area contributed by atoms with Crippen LogP contribution in [0.5, 0.6) is 5.75 Å². The SMILES string of the molecule is COc1ccccc1C#Cc1ccc([C@H]2[C@H](CO)N3CCCCN(C(=O)C4CCCC4)C[C@@H]23)cc1. The van der Waals surface area contributed by atoms with E-state index in [1.807, 2.05) is 24.3 Å². The molecule has 0 radical (unpaired) electrons. The average molecular weight is 473 g/mol. The molecule has 5 heteroatoms. The van der Waals surface area contributed by atoms with E-state index < -0.39 is 0 Å². The Labute approximate surface area is 209 Å². The molecule has 1 amide bonds. The number of rotatable bonds is 4. The summed E-state index contributed by atoms with van der Waals surface area (Å²) in [5.41, 5.74) is 3.05. The zero-order chi connectivity index (χ0) is 24.2. The third-order valence-electron chi connectivity index (χ3n) is 8.13. The minimum atomic E-state index is 0.118. The van der Waals surface area contributed by atoms with Crippen LogP contribution in [0.1, 0.15) is 61.1 Å². The van der Waals surface area contributed by atoms with Gasteiger partial charge in [0.1, 0.15) is 5.75 Å². The van der Waals surface area contributed by atoms with Crippen LogP contribution in [0, 0.1) is 17.8 Å². The van der Waals surface area contributed by atoms with Crippen molar-refractivity contribution in [1.29, 1.82) is 0 Å². The van der Waals surface area contributed by atoms with E-state index in [1.165, 1.54) is 18.4 Å². The van der Waals surface area contributed by atoms with Crippen molar-refractivity contribution in [1.82, 2.24) is 9.80 Å². The Morgan fingerprint density at radius 2 is 1.74 bits per heavy atom. The van der Waals surface area contributed by atoms with Gasteiger partial charge in [-0.3, -0.25) is 9.69 Å². The van der Waals surface area contributed by atoms with Crippen LogP contribution in [0.2, 0.25) is 0 Å². The third kappa shape index (κ3) is 4.96. The van der Waals surface area contributed by atoms with Gasteiger partial charge in [-0.25, -0.2) is 0 Å². The lowest BCUT2D eigenvalue weighted by Gasteiger charge is -2.57. The van der Waals surface area contributed by atoms with Gasteiger partial charge in [0.05, 0.1) is 19.3 Å². The first-order valence-corrected chi connectivity index (χ1v) is 13.1. The predicted octanol–water partition coefficient (Wildman–Crippen LogP) is 4.04. The summed E-state index contributed by atoms with van der Waals surface area (Å²) in [4.78, 5) is 17.8. The number of benzene rings is 2. The molecular weight excluding hydrogens is 436 g/mol. The van der Waals surface area contributed by atoms with Crippen LogP contribution >= 0.6 is 0 Å². The van der Waals surface area contributed by atoms with Crippen molar-refractivity contribution < 1.29 is 14.6 Å². The molecule has 0 spiro atoms. The maximum atomic E-state index is 13.2. The molecule has 1 saturated carbocycles. The smallest absolute Gasteiger partial charge is 0.225 e. The highest BCUT2D eigenvalue weighted by molar-refractivity contribution is 5.79. The van der Waals surface area contributed by atoms with Crippen molar-refractivity contribution in [2.45, 2.75) is 56.5 Å². The summed E-state index contributed by atoms with van der Waals surface area (Å²) < 4.78 is 5.40. The van der Waals surface area contributed by atoms with Crippen molar-refractivity contribution >= 4 is 5.91 Å². The largest absolute Gasteiger partial charge is 0.495 e. The van der Waals surface area contributed by atoms with Gasteiger partial charge in [-0.2, -0.15) is 0 Å². The number of aliphatic hydroxyl groups is 1. The molecule has 0 unspecified atom stereocenters. The van der Waals surface area contributed by atoms with Gasteiger partial charge in [-0.1, -0.05) is 48.9 Å². The number of fused-ring (bicyclic) bond motifs is 1. The molecule has 2 saturated heterocycles. The number of hydrogen-bond acceptors (Lipinski definition) is 4. The Bertz CT molecular complexity index is 1080. The lowest BCUT2D eigenvalue weighted by Crippen LogP contribution is -2.68. The summed E-state index contributed by atoms with van der Waals surface area (Å²) in [5, 5.41) is 10.2. The van der Waals surface area contributed by atoms with Crippen LogP contribution < -0.4 is 4.74 Å². The normalized spacial score (nSPS) is 25.0. The molecule has 2 heterocycles. The molecule has 0 bridgehead atoms. The van der Waals surface area contributed by atoms with Crippen LogP contribution in [-0.2, 0) is 4.79 Å². The quantitative estimate of drug-likeness (QED) is 0.683. The molecular formula is C30H36N2O3. The number of aliphatic hydroxyl groups excluding tert-OH is 1. The fraction of sp³-hybridized carbons (Fsp3) is 0.500. The van der Waals surface area contributed by atoms with E-state index in [9.17, 15) is 9.90 Å².